The fourth-order valence-electron chi connectivity index (χ4n) is 2.52. The van der Waals surface area contributed by atoms with Gasteiger partial charge in [0, 0.05) is 13.1 Å². The molecular weight excluding hydrogens is 375 g/mol. The van der Waals surface area contributed by atoms with Crippen LogP contribution in [0.3, 0.4) is 0 Å². The van der Waals surface area contributed by atoms with Crippen molar-refractivity contribution in [3.63, 3.8) is 0 Å². The number of carbonyl (C=O) groups excluding carboxylic acids is 1. The summed E-state index contributed by atoms with van der Waals surface area (Å²) in [5.41, 5.74) is 7.51. The molecule has 0 radical (unpaired) electrons. The SMILES string of the molecule is Nc1nc(Cl)nc2c1ncn2CCCCOC(=O)NCc1cccc(F)c1. The maximum atomic E-state index is 13.1. The number of aromatic nitrogens is 4. The smallest absolute Gasteiger partial charge is 0.407 e. The van der Waals surface area contributed by atoms with Crippen LogP contribution in [0.1, 0.15) is 18.4 Å². The van der Waals surface area contributed by atoms with Gasteiger partial charge in [0.25, 0.3) is 0 Å². The highest BCUT2D eigenvalue weighted by atomic mass is 35.5. The summed E-state index contributed by atoms with van der Waals surface area (Å²) in [6, 6.07) is 6.02. The molecule has 0 atom stereocenters. The highest BCUT2D eigenvalue weighted by Crippen LogP contribution is 2.18. The molecule has 1 amide bonds. The van der Waals surface area contributed by atoms with Gasteiger partial charge < -0.3 is 20.4 Å². The summed E-state index contributed by atoms with van der Waals surface area (Å²) >= 11 is 5.83. The Labute approximate surface area is 159 Å². The lowest BCUT2D eigenvalue weighted by molar-refractivity contribution is 0.143. The largest absolute Gasteiger partial charge is 0.450 e. The molecule has 0 spiro atoms. The maximum absolute atomic E-state index is 13.1. The molecule has 1 aromatic carbocycles. The first-order chi connectivity index (χ1) is 13.0. The third kappa shape index (κ3) is 5.04. The molecule has 8 nitrogen and oxygen atoms in total. The predicted octanol–water partition coefficient (Wildman–Crippen LogP) is 2.91. The minimum absolute atomic E-state index is 0.0695. The number of hydrogen-bond donors (Lipinski definition) is 2. The van der Waals surface area contributed by atoms with Crippen LogP contribution in [0.15, 0.2) is 30.6 Å². The monoisotopic (exact) mass is 392 g/mol. The topological polar surface area (TPSA) is 108 Å². The number of halogens is 2. The number of nitrogens with zero attached hydrogens (tertiary/aromatic N) is 4. The van der Waals surface area contributed by atoms with Gasteiger partial charge in [-0.05, 0) is 42.1 Å². The highest BCUT2D eigenvalue weighted by molar-refractivity contribution is 6.28. The van der Waals surface area contributed by atoms with Gasteiger partial charge in [-0.2, -0.15) is 9.97 Å². The number of aryl methyl sites for hydroxylation is 1. The minimum Gasteiger partial charge on any atom is -0.450 e. The summed E-state index contributed by atoms with van der Waals surface area (Å²) in [7, 11) is 0. The number of amides is 1. The Morgan fingerprint density at radius 3 is 3.00 bits per heavy atom. The maximum Gasteiger partial charge on any atom is 0.407 e. The number of benzene rings is 1. The first kappa shape index (κ1) is 18.8. The normalized spacial score (nSPS) is 10.9. The molecule has 27 heavy (non-hydrogen) atoms. The van der Waals surface area contributed by atoms with Crippen molar-refractivity contribution in [3.8, 4) is 0 Å². The number of rotatable bonds is 7. The number of carbonyl (C=O) groups is 1. The van der Waals surface area contributed by atoms with Crippen molar-refractivity contribution in [3.05, 3.63) is 47.3 Å². The van der Waals surface area contributed by atoms with Crippen molar-refractivity contribution >= 4 is 34.7 Å². The molecular formula is C17H18ClFN6O2. The van der Waals surface area contributed by atoms with Crippen LogP contribution in [0.25, 0.3) is 11.2 Å². The second-order valence-corrected chi connectivity index (χ2v) is 6.15. The van der Waals surface area contributed by atoms with E-state index in [1.54, 1.807) is 18.5 Å². The molecule has 0 aliphatic rings. The molecule has 142 valence electrons. The van der Waals surface area contributed by atoms with Gasteiger partial charge >= 0.3 is 6.09 Å². The number of alkyl carbamates (subject to hydrolysis) is 1. The van der Waals surface area contributed by atoms with Gasteiger partial charge in [-0.1, -0.05) is 12.1 Å². The van der Waals surface area contributed by atoms with E-state index in [0.717, 1.165) is 6.42 Å². The predicted molar refractivity (Wildman–Crippen MR) is 98.6 cm³/mol. The quantitative estimate of drug-likeness (QED) is 0.472. The second kappa shape index (κ2) is 8.63. The van der Waals surface area contributed by atoms with Crippen LogP contribution in [0.5, 0.6) is 0 Å². The number of nitrogens with two attached hydrogens (primary N) is 1. The van der Waals surface area contributed by atoms with Crippen LogP contribution >= 0.6 is 11.6 Å². The standard InChI is InChI=1S/C17H18ClFN6O2/c18-16-23-14(20)13-15(24-16)25(10-22-13)6-1-2-7-27-17(26)21-9-11-4-3-5-12(19)8-11/h3-5,8,10H,1-2,6-7,9H2,(H,21,26)(H2,20,23,24). The third-order valence-electron chi connectivity index (χ3n) is 3.82. The Morgan fingerprint density at radius 2 is 2.19 bits per heavy atom. The first-order valence-corrected chi connectivity index (χ1v) is 8.69. The summed E-state index contributed by atoms with van der Waals surface area (Å²) in [6.45, 7) is 1.09. The molecule has 3 N–H and O–H groups in total. The zero-order chi connectivity index (χ0) is 19.2. The molecule has 0 unspecified atom stereocenters. The van der Waals surface area contributed by atoms with Crippen molar-refractivity contribution < 1.29 is 13.9 Å². The molecule has 0 saturated carbocycles. The number of unbranched alkanes of at least 4 members (excludes halogenated alkanes) is 1. The lowest BCUT2D eigenvalue weighted by Gasteiger charge is -2.08. The highest BCUT2D eigenvalue weighted by Gasteiger charge is 2.10. The Morgan fingerprint density at radius 1 is 1.33 bits per heavy atom. The van der Waals surface area contributed by atoms with Crippen molar-refractivity contribution in [2.75, 3.05) is 12.3 Å². The fourth-order valence-corrected chi connectivity index (χ4v) is 2.69. The van der Waals surface area contributed by atoms with E-state index < -0.39 is 6.09 Å². The number of nitrogens with one attached hydrogen (secondary N) is 1. The number of nitrogen functional groups attached to an aromatic ring is 1. The molecule has 2 aromatic heterocycles. The van der Waals surface area contributed by atoms with Gasteiger partial charge in [-0.3, -0.25) is 0 Å². The molecule has 0 aliphatic carbocycles. The van der Waals surface area contributed by atoms with Crippen LogP contribution in [0.2, 0.25) is 5.28 Å². The molecule has 0 saturated heterocycles. The number of ether oxygens (including phenoxy) is 1. The number of imidazole rings is 1. The second-order valence-electron chi connectivity index (χ2n) is 5.81. The van der Waals surface area contributed by atoms with Crippen LogP contribution in [0, 0.1) is 5.82 Å². The molecule has 0 bridgehead atoms. The van der Waals surface area contributed by atoms with Crippen LogP contribution in [0.4, 0.5) is 15.0 Å². The molecule has 2 heterocycles. The van der Waals surface area contributed by atoms with E-state index in [1.807, 2.05) is 4.57 Å². The number of fused-ring (bicyclic) bond motifs is 1. The van der Waals surface area contributed by atoms with Gasteiger partial charge in [0.05, 0.1) is 12.9 Å². The van der Waals surface area contributed by atoms with Crippen LogP contribution in [-0.4, -0.2) is 32.2 Å². The molecule has 3 aromatic rings. The molecule has 0 aliphatic heterocycles. The molecule has 0 fully saturated rings. The summed E-state index contributed by atoms with van der Waals surface area (Å²) in [4.78, 5) is 23.8. The summed E-state index contributed by atoms with van der Waals surface area (Å²) in [6.07, 6.45) is 2.48. The van der Waals surface area contributed by atoms with E-state index in [4.69, 9.17) is 22.1 Å². The van der Waals surface area contributed by atoms with Crippen molar-refractivity contribution in [1.29, 1.82) is 0 Å². The van der Waals surface area contributed by atoms with E-state index in [9.17, 15) is 9.18 Å². The first-order valence-electron chi connectivity index (χ1n) is 8.32. The Balaban J connectivity index is 1.39. The Bertz CT molecular complexity index is 948. The van der Waals surface area contributed by atoms with E-state index in [0.29, 0.717) is 29.7 Å². The minimum atomic E-state index is -0.542. The van der Waals surface area contributed by atoms with Gasteiger partial charge in [-0.15, -0.1) is 0 Å². The van der Waals surface area contributed by atoms with E-state index in [1.165, 1.54) is 12.1 Å². The fraction of sp³-hybridized carbons (Fsp3) is 0.294. The van der Waals surface area contributed by atoms with E-state index in [2.05, 4.69) is 20.3 Å². The summed E-state index contributed by atoms with van der Waals surface area (Å²) < 4.78 is 20.0. The average molecular weight is 393 g/mol. The molecule has 3 rings (SSSR count). The average Bonchev–Trinajstić information content (AvgIpc) is 3.03. The zero-order valence-corrected chi connectivity index (χ0v) is 15.1. The van der Waals surface area contributed by atoms with Gasteiger partial charge in [0.1, 0.15) is 11.3 Å². The van der Waals surface area contributed by atoms with Gasteiger partial charge in [-0.25, -0.2) is 14.2 Å². The number of hydrogen-bond acceptors (Lipinski definition) is 6. The van der Waals surface area contributed by atoms with E-state index >= 15 is 0 Å². The van der Waals surface area contributed by atoms with Crippen LogP contribution < -0.4 is 11.1 Å². The molecule has 10 heteroatoms. The van der Waals surface area contributed by atoms with Crippen LogP contribution in [-0.2, 0) is 17.8 Å². The third-order valence-corrected chi connectivity index (χ3v) is 3.98. The van der Waals surface area contributed by atoms with Gasteiger partial charge in [0.2, 0.25) is 5.28 Å². The van der Waals surface area contributed by atoms with Gasteiger partial charge in [0.15, 0.2) is 11.5 Å². The van der Waals surface area contributed by atoms with E-state index in [-0.39, 0.29) is 30.1 Å². The lowest BCUT2D eigenvalue weighted by atomic mass is 10.2. The Hall–Kier alpha value is -2.94. The van der Waals surface area contributed by atoms with Crippen molar-refractivity contribution in [2.45, 2.75) is 25.9 Å². The summed E-state index contributed by atoms with van der Waals surface area (Å²) in [5.74, 6) is -0.106. The summed E-state index contributed by atoms with van der Waals surface area (Å²) in [5, 5.41) is 2.65. The zero-order valence-electron chi connectivity index (χ0n) is 14.4. The lowest BCUT2D eigenvalue weighted by Crippen LogP contribution is -2.24. The number of anilines is 1. The van der Waals surface area contributed by atoms with Crippen molar-refractivity contribution in [1.82, 2.24) is 24.8 Å². The van der Waals surface area contributed by atoms with Crippen molar-refractivity contribution in [2.24, 2.45) is 0 Å². The Kier molecular flexibility index (Phi) is 6.02.